The van der Waals surface area contributed by atoms with Gasteiger partial charge in [-0.05, 0) is 0 Å². The second kappa shape index (κ2) is 3.61. The van der Waals surface area contributed by atoms with Crippen LogP contribution in [0.25, 0.3) is 0 Å². The van der Waals surface area contributed by atoms with Gasteiger partial charge in [-0.2, -0.15) is 0 Å². The lowest BCUT2D eigenvalue weighted by Gasteiger charge is -2.38. The Kier molecular flexibility index (Phi) is 2.52. The molecule has 1 aromatic rings. The molecule has 0 saturated heterocycles. The molecule has 4 nitrogen and oxygen atoms in total. The van der Waals surface area contributed by atoms with Crippen molar-refractivity contribution in [3.63, 3.8) is 0 Å². The van der Waals surface area contributed by atoms with E-state index < -0.39 is 0 Å². The van der Waals surface area contributed by atoms with Gasteiger partial charge in [0.15, 0.2) is 0 Å². The maximum atomic E-state index is 5.44. The number of rotatable bonds is 3. The lowest BCUT2D eigenvalue weighted by molar-refractivity contribution is 0.171. The highest BCUT2D eigenvalue weighted by atomic mass is 16.6. The Labute approximate surface area is 95.7 Å². The SMILES string of the molecule is CC(C)(C1=NOCC1)C(C)(C)c1ncco1. The van der Waals surface area contributed by atoms with Crippen LogP contribution in [0.15, 0.2) is 22.0 Å². The summed E-state index contributed by atoms with van der Waals surface area (Å²) >= 11 is 0. The minimum absolute atomic E-state index is 0.131. The highest BCUT2D eigenvalue weighted by Gasteiger charge is 2.46. The number of nitrogens with zero attached hydrogens (tertiary/aromatic N) is 2. The lowest BCUT2D eigenvalue weighted by atomic mass is 9.64. The molecule has 0 aromatic carbocycles. The van der Waals surface area contributed by atoms with E-state index in [2.05, 4.69) is 37.8 Å². The highest BCUT2D eigenvalue weighted by molar-refractivity contribution is 5.91. The molecular formula is C12H18N2O2. The van der Waals surface area contributed by atoms with E-state index in [4.69, 9.17) is 9.25 Å². The third kappa shape index (κ3) is 1.52. The van der Waals surface area contributed by atoms with Crippen LogP contribution in [0.4, 0.5) is 0 Å². The Balaban J connectivity index is 2.35. The summed E-state index contributed by atoms with van der Waals surface area (Å²) in [5.41, 5.74) is 0.743. The zero-order chi connectivity index (χ0) is 11.8. The van der Waals surface area contributed by atoms with Crippen LogP contribution in [-0.2, 0) is 10.3 Å². The van der Waals surface area contributed by atoms with Gasteiger partial charge in [0.2, 0.25) is 5.89 Å². The molecule has 0 amide bonds. The summed E-state index contributed by atoms with van der Waals surface area (Å²) in [7, 11) is 0. The molecule has 88 valence electrons. The van der Waals surface area contributed by atoms with E-state index in [1.165, 1.54) is 0 Å². The minimum atomic E-state index is -0.205. The first-order valence-corrected chi connectivity index (χ1v) is 5.55. The first-order valence-electron chi connectivity index (χ1n) is 5.55. The molecule has 2 rings (SSSR count). The predicted molar refractivity (Wildman–Crippen MR) is 61.3 cm³/mol. The molecule has 0 saturated carbocycles. The van der Waals surface area contributed by atoms with Crippen LogP contribution in [-0.4, -0.2) is 17.3 Å². The number of hydrogen-bond acceptors (Lipinski definition) is 4. The van der Waals surface area contributed by atoms with Crippen molar-refractivity contribution in [2.75, 3.05) is 6.61 Å². The van der Waals surface area contributed by atoms with Gasteiger partial charge in [-0.25, -0.2) is 4.98 Å². The number of hydrogen-bond donors (Lipinski definition) is 0. The summed E-state index contributed by atoms with van der Waals surface area (Å²) in [5.74, 6) is 0.743. The quantitative estimate of drug-likeness (QED) is 0.790. The van der Waals surface area contributed by atoms with Gasteiger partial charge in [0.1, 0.15) is 12.9 Å². The molecule has 0 radical (unpaired) electrons. The summed E-state index contributed by atoms with van der Waals surface area (Å²) < 4.78 is 5.44. The van der Waals surface area contributed by atoms with Crippen molar-refractivity contribution in [1.29, 1.82) is 0 Å². The maximum absolute atomic E-state index is 5.44. The average molecular weight is 222 g/mol. The second-order valence-electron chi connectivity index (χ2n) is 5.21. The van der Waals surface area contributed by atoms with E-state index >= 15 is 0 Å². The normalized spacial score (nSPS) is 17.1. The van der Waals surface area contributed by atoms with E-state index in [0.29, 0.717) is 6.61 Å². The van der Waals surface area contributed by atoms with E-state index in [-0.39, 0.29) is 10.8 Å². The fourth-order valence-electron chi connectivity index (χ4n) is 1.90. The zero-order valence-corrected chi connectivity index (χ0v) is 10.3. The Morgan fingerprint density at radius 1 is 1.19 bits per heavy atom. The fourth-order valence-corrected chi connectivity index (χ4v) is 1.90. The van der Waals surface area contributed by atoms with Crippen molar-refractivity contribution >= 4 is 5.71 Å². The summed E-state index contributed by atoms with van der Waals surface area (Å²) in [6.45, 7) is 9.25. The van der Waals surface area contributed by atoms with E-state index in [0.717, 1.165) is 18.0 Å². The summed E-state index contributed by atoms with van der Waals surface area (Å²) in [5, 5.41) is 4.13. The fraction of sp³-hybridized carbons (Fsp3) is 0.667. The van der Waals surface area contributed by atoms with Gasteiger partial charge in [-0.3, -0.25) is 0 Å². The van der Waals surface area contributed by atoms with Crippen LogP contribution in [0.3, 0.4) is 0 Å². The molecule has 0 bridgehead atoms. The Morgan fingerprint density at radius 3 is 2.44 bits per heavy atom. The number of oxazole rings is 1. The average Bonchev–Trinajstić information content (AvgIpc) is 2.91. The first-order chi connectivity index (χ1) is 7.46. The summed E-state index contributed by atoms with van der Waals surface area (Å²) in [4.78, 5) is 9.36. The van der Waals surface area contributed by atoms with Crippen LogP contribution in [0.1, 0.15) is 40.0 Å². The molecule has 0 aliphatic carbocycles. The molecule has 0 N–H and O–H groups in total. The summed E-state index contributed by atoms with van der Waals surface area (Å²) in [6.07, 6.45) is 4.18. The van der Waals surface area contributed by atoms with Gasteiger partial charge < -0.3 is 9.25 Å². The van der Waals surface area contributed by atoms with Crippen LogP contribution >= 0.6 is 0 Å². The van der Waals surface area contributed by atoms with Crippen LogP contribution < -0.4 is 0 Å². The van der Waals surface area contributed by atoms with Gasteiger partial charge in [0.05, 0.1) is 17.3 Å². The Bertz CT molecular complexity index is 391. The molecule has 4 heteroatoms. The van der Waals surface area contributed by atoms with Gasteiger partial charge in [0, 0.05) is 11.8 Å². The smallest absolute Gasteiger partial charge is 0.200 e. The summed E-state index contributed by atoms with van der Waals surface area (Å²) in [6, 6.07) is 0. The first kappa shape index (κ1) is 11.2. The molecule has 0 unspecified atom stereocenters. The monoisotopic (exact) mass is 222 g/mol. The minimum Gasteiger partial charge on any atom is -0.448 e. The third-order valence-electron chi connectivity index (χ3n) is 3.86. The van der Waals surface area contributed by atoms with Crippen LogP contribution in [0, 0.1) is 5.41 Å². The van der Waals surface area contributed by atoms with Crippen LogP contribution in [0.2, 0.25) is 0 Å². The second-order valence-corrected chi connectivity index (χ2v) is 5.21. The Hall–Kier alpha value is -1.32. The molecule has 2 heterocycles. The lowest BCUT2D eigenvalue weighted by Crippen LogP contribution is -2.42. The predicted octanol–water partition coefficient (Wildman–Crippen LogP) is 2.75. The van der Waals surface area contributed by atoms with Crippen molar-refractivity contribution in [3.8, 4) is 0 Å². The maximum Gasteiger partial charge on any atom is 0.200 e. The number of oxime groups is 1. The van der Waals surface area contributed by atoms with Gasteiger partial charge in [-0.1, -0.05) is 32.9 Å². The van der Waals surface area contributed by atoms with E-state index in [1.807, 2.05) is 0 Å². The number of aromatic nitrogens is 1. The van der Waals surface area contributed by atoms with Crippen molar-refractivity contribution < 1.29 is 9.25 Å². The van der Waals surface area contributed by atoms with E-state index in [9.17, 15) is 0 Å². The molecule has 0 fully saturated rings. The zero-order valence-electron chi connectivity index (χ0n) is 10.3. The molecule has 1 aliphatic heterocycles. The van der Waals surface area contributed by atoms with Gasteiger partial charge in [0.25, 0.3) is 0 Å². The molecule has 16 heavy (non-hydrogen) atoms. The molecular weight excluding hydrogens is 204 g/mol. The molecule has 0 atom stereocenters. The van der Waals surface area contributed by atoms with E-state index in [1.54, 1.807) is 12.5 Å². The van der Waals surface area contributed by atoms with Gasteiger partial charge in [-0.15, -0.1) is 0 Å². The van der Waals surface area contributed by atoms with Gasteiger partial charge >= 0.3 is 0 Å². The van der Waals surface area contributed by atoms with Crippen molar-refractivity contribution in [1.82, 2.24) is 4.98 Å². The Morgan fingerprint density at radius 2 is 1.94 bits per heavy atom. The molecule has 1 aromatic heterocycles. The topological polar surface area (TPSA) is 47.6 Å². The van der Waals surface area contributed by atoms with Crippen molar-refractivity contribution in [2.24, 2.45) is 10.6 Å². The van der Waals surface area contributed by atoms with Crippen molar-refractivity contribution in [2.45, 2.75) is 39.5 Å². The largest absolute Gasteiger partial charge is 0.448 e. The standard InChI is InChI=1S/C12H18N2O2/c1-11(2,9-5-7-16-14-9)12(3,4)10-13-6-8-15-10/h6,8H,5,7H2,1-4H3. The highest BCUT2D eigenvalue weighted by Crippen LogP contribution is 2.43. The molecule has 0 spiro atoms. The molecule has 1 aliphatic rings. The van der Waals surface area contributed by atoms with Crippen molar-refractivity contribution in [3.05, 3.63) is 18.4 Å². The van der Waals surface area contributed by atoms with Crippen LogP contribution in [0.5, 0.6) is 0 Å². The third-order valence-corrected chi connectivity index (χ3v) is 3.86.